The monoisotopic (exact) mass is 344 g/mol. The van der Waals surface area contributed by atoms with Crippen molar-refractivity contribution in [2.75, 3.05) is 19.8 Å². The lowest BCUT2D eigenvalue weighted by Gasteiger charge is -2.07. The van der Waals surface area contributed by atoms with Gasteiger partial charge >= 0.3 is 0 Å². The third-order valence-electron chi connectivity index (χ3n) is 4.16. The van der Waals surface area contributed by atoms with Crippen LogP contribution in [0.4, 0.5) is 0 Å². The van der Waals surface area contributed by atoms with Gasteiger partial charge in [-0.25, -0.2) is 0 Å². The quantitative estimate of drug-likeness (QED) is 0.836. The Balaban J connectivity index is 1.45. The molecule has 6 heteroatoms. The van der Waals surface area contributed by atoms with Crippen molar-refractivity contribution in [2.24, 2.45) is 5.92 Å². The molecule has 6 nitrogen and oxygen atoms in total. The Hall–Kier alpha value is -2.18. The minimum Gasteiger partial charge on any atom is -0.381 e. The van der Waals surface area contributed by atoms with Crippen molar-refractivity contribution in [3.63, 3.8) is 0 Å². The van der Waals surface area contributed by atoms with Crippen LogP contribution in [0.3, 0.4) is 0 Å². The number of carbonyl (C=O) groups is 1. The van der Waals surface area contributed by atoms with Crippen molar-refractivity contribution in [1.29, 1.82) is 0 Å². The van der Waals surface area contributed by atoms with Gasteiger partial charge in [-0.1, -0.05) is 34.5 Å². The maximum absolute atomic E-state index is 12.1. The van der Waals surface area contributed by atoms with Crippen LogP contribution in [0.5, 0.6) is 0 Å². The van der Waals surface area contributed by atoms with Crippen LogP contribution in [-0.2, 0) is 22.7 Å². The minimum atomic E-state index is -0.226. The van der Waals surface area contributed by atoms with Crippen molar-refractivity contribution in [1.82, 2.24) is 10.5 Å². The summed E-state index contributed by atoms with van der Waals surface area (Å²) in [4.78, 5) is 12.1. The second-order valence-electron chi connectivity index (χ2n) is 6.61. The van der Waals surface area contributed by atoms with Crippen molar-refractivity contribution in [3.05, 3.63) is 52.4 Å². The Bertz CT molecular complexity index is 700. The summed E-state index contributed by atoms with van der Waals surface area (Å²) in [5.41, 5.74) is 3.83. The maximum Gasteiger partial charge on any atom is 0.273 e. The molecule has 25 heavy (non-hydrogen) atoms. The van der Waals surface area contributed by atoms with Crippen LogP contribution in [0, 0.1) is 19.8 Å². The Morgan fingerprint density at radius 3 is 2.76 bits per heavy atom. The number of amides is 1. The predicted molar refractivity (Wildman–Crippen MR) is 92.2 cm³/mol. The van der Waals surface area contributed by atoms with E-state index in [4.69, 9.17) is 14.0 Å². The fourth-order valence-corrected chi connectivity index (χ4v) is 2.98. The molecule has 1 unspecified atom stereocenters. The Labute approximate surface area is 147 Å². The summed E-state index contributed by atoms with van der Waals surface area (Å²) in [5.74, 6) is 0.700. The van der Waals surface area contributed by atoms with Crippen LogP contribution in [0.2, 0.25) is 0 Å². The number of hydrogen-bond acceptors (Lipinski definition) is 5. The van der Waals surface area contributed by atoms with Crippen LogP contribution in [0.15, 0.2) is 28.8 Å². The van der Waals surface area contributed by atoms with E-state index in [0.717, 1.165) is 18.6 Å². The molecule has 1 aliphatic heterocycles. The molecule has 0 saturated carbocycles. The van der Waals surface area contributed by atoms with Crippen LogP contribution >= 0.6 is 0 Å². The molecule has 0 spiro atoms. The molecule has 1 aromatic carbocycles. The highest BCUT2D eigenvalue weighted by Gasteiger charge is 2.18. The van der Waals surface area contributed by atoms with Crippen molar-refractivity contribution in [2.45, 2.75) is 33.5 Å². The number of aryl methyl sites for hydroxylation is 2. The number of aromatic nitrogens is 1. The summed E-state index contributed by atoms with van der Waals surface area (Å²) in [5, 5.41) is 6.68. The predicted octanol–water partition coefficient (Wildman–Crippen LogP) is 2.77. The first-order valence-corrected chi connectivity index (χ1v) is 8.56. The minimum absolute atomic E-state index is 0.226. The van der Waals surface area contributed by atoms with E-state index in [1.807, 2.05) is 0 Å². The normalized spacial score (nSPS) is 17.0. The molecule has 1 aliphatic rings. The SMILES string of the molecule is Cc1cc(C)cc(COCc2cc(C(=O)NCC3CCOC3)no2)c1. The number of benzene rings is 1. The number of hydrogen-bond donors (Lipinski definition) is 1. The highest BCUT2D eigenvalue weighted by molar-refractivity contribution is 5.92. The Morgan fingerprint density at radius 2 is 2.04 bits per heavy atom. The van der Waals surface area contributed by atoms with Crippen molar-refractivity contribution < 1.29 is 18.8 Å². The van der Waals surface area contributed by atoms with Gasteiger partial charge in [-0.3, -0.25) is 4.79 Å². The van der Waals surface area contributed by atoms with E-state index >= 15 is 0 Å². The first-order valence-electron chi connectivity index (χ1n) is 8.56. The van der Waals surface area contributed by atoms with Gasteiger partial charge < -0.3 is 19.3 Å². The lowest BCUT2D eigenvalue weighted by atomic mass is 10.1. The van der Waals surface area contributed by atoms with E-state index in [-0.39, 0.29) is 18.2 Å². The van der Waals surface area contributed by atoms with Gasteiger partial charge in [0.1, 0.15) is 6.61 Å². The molecule has 0 radical (unpaired) electrons. The Kier molecular flexibility index (Phi) is 5.83. The van der Waals surface area contributed by atoms with Crippen LogP contribution < -0.4 is 5.32 Å². The molecule has 3 rings (SSSR count). The molecule has 2 aromatic rings. The largest absolute Gasteiger partial charge is 0.381 e. The van der Waals surface area contributed by atoms with Gasteiger partial charge in [0, 0.05) is 25.1 Å². The first-order chi connectivity index (χ1) is 12.1. The van der Waals surface area contributed by atoms with Crippen molar-refractivity contribution in [3.8, 4) is 0 Å². The summed E-state index contributed by atoms with van der Waals surface area (Å²) in [6, 6.07) is 7.95. The van der Waals surface area contributed by atoms with Gasteiger partial charge in [0.15, 0.2) is 11.5 Å². The van der Waals surface area contributed by atoms with Crippen LogP contribution in [0.1, 0.15) is 39.4 Å². The van der Waals surface area contributed by atoms with E-state index in [1.165, 1.54) is 11.1 Å². The standard InChI is InChI=1S/C19H24N2O4/c1-13-5-14(2)7-16(6-13)11-24-12-17-8-18(21-25-17)19(22)20-9-15-3-4-23-10-15/h5-8,15H,3-4,9-12H2,1-2H3,(H,20,22). The molecule has 2 heterocycles. The molecule has 134 valence electrons. The summed E-state index contributed by atoms with van der Waals surface area (Å²) >= 11 is 0. The first kappa shape index (κ1) is 17.6. The highest BCUT2D eigenvalue weighted by atomic mass is 16.5. The summed E-state index contributed by atoms with van der Waals surface area (Å²) < 4.78 is 16.1. The molecule has 1 aromatic heterocycles. The van der Waals surface area contributed by atoms with E-state index in [1.54, 1.807) is 6.07 Å². The molecule has 0 aliphatic carbocycles. The van der Waals surface area contributed by atoms with Crippen molar-refractivity contribution >= 4 is 5.91 Å². The average molecular weight is 344 g/mol. The third-order valence-corrected chi connectivity index (χ3v) is 4.16. The molecule has 1 saturated heterocycles. The van der Waals surface area contributed by atoms with Crippen LogP contribution in [-0.4, -0.2) is 30.8 Å². The van der Waals surface area contributed by atoms with Gasteiger partial charge in [-0.15, -0.1) is 0 Å². The fourth-order valence-electron chi connectivity index (χ4n) is 2.98. The third kappa shape index (κ3) is 5.14. The zero-order chi connectivity index (χ0) is 17.6. The average Bonchev–Trinajstić information content (AvgIpc) is 3.23. The smallest absolute Gasteiger partial charge is 0.273 e. The number of ether oxygens (including phenoxy) is 2. The maximum atomic E-state index is 12.1. The van der Waals surface area contributed by atoms with Gasteiger partial charge in [0.25, 0.3) is 5.91 Å². The molecule has 1 N–H and O–H groups in total. The summed E-state index contributed by atoms with van der Waals surface area (Å²) in [6.07, 6.45) is 0.983. The second-order valence-corrected chi connectivity index (χ2v) is 6.61. The molecular weight excluding hydrogens is 320 g/mol. The number of nitrogens with zero attached hydrogens (tertiary/aromatic N) is 1. The topological polar surface area (TPSA) is 73.6 Å². The van der Waals surface area contributed by atoms with Gasteiger partial charge in [0.05, 0.1) is 13.2 Å². The second kappa shape index (κ2) is 8.27. The Morgan fingerprint density at radius 1 is 1.24 bits per heavy atom. The van der Waals surface area contributed by atoms with E-state index in [9.17, 15) is 4.79 Å². The van der Waals surface area contributed by atoms with E-state index in [0.29, 0.717) is 31.4 Å². The summed E-state index contributed by atoms with van der Waals surface area (Å²) in [6.45, 7) is 6.98. The molecule has 1 atom stereocenters. The zero-order valence-electron chi connectivity index (χ0n) is 14.7. The van der Waals surface area contributed by atoms with Gasteiger partial charge in [0.2, 0.25) is 0 Å². The zero-order valence-corrected chi connectivity index (χ0v) is 14.7. The van der Waals surface area contributed by atoms with Crippen LogP contribution in [0.25, 0.3) is 0 Å². The summed E-state index contributed by atoms with van der Waals surface area (Å²) in [7, 11) is 0. The number of nitrogens with one attached hydrogen (secondary N) is 1. The van der Waals surface area contributed by atoms with Gasteiger partial charge in [-0.2, -0.15) is 0 Å². The lowest BCUT2D eigenvalue weighted by molar-refractivity contribution is 0.0876. The molecule has 1 fully saturated rings. The lowest BCUT2D eigenvalue weighted by Crippen LogP contribution is -2.29. The highest BCUT2D eigenvalue weighted by Crippen LogP contribution is 2.13. The van der Waals surface area contributed by atoms with Gasteiger partial charge in [-0.05, 0) is 25.8 Å². The molecule has 0 bridgehead atoms. The number of rotatable bonds is 7. The van der Waals surface area contributed by atoms with E-state index < -0.39 is 0 Å². The number of carbonyl (C=O) groups excluding carboxylic acids is 1. The van der Waals surface area contributed by atoms with E-state index in [2.05, 4.69) is 42.5 Å². The molecule has 1 amide bonds. The molecular formula is C19H24N2O4. The fraction of sp³-hybridized carbons (Fsp3) is 0.474.